The van der Waals surface area contributed by atoms with E-state index in [1.54, 1.807) is 24.3 Å². The number of ether oxygens (including phenoxy) is 1. The Hall–Kier alpha value is -1.55. The molecule has 15 heavy (non-hydrogen) atoms. The molecule has 82 valence electrons. The SMILES string of the molecule is CCCOC(=O)C(O)c1ccc(N)cc1. The highest BCUT2D eigenvalue weighted by Gasteiger charge is 2.18. The molecule has 0 radical (unpaired) electrons. The van der Waals surface area contributed by atoms with Crippen molar-refractivity contribution in [2.24, 2.45) is 0 Å². The number of carbonyl (C=O) groups is 1. The van der Waals surface area contributed by atoms with Crippen LogP contribution in [0.3, 0.4) is 0 Å². The molecular formula is C11H15NO3. The van der Waals surface area contributed by atoms with E-state index in [2.05, 4.69) is 0 Å². The second kappa shape index (κ2) is 5.36. The van der Waals surface area contributed by atoms with Crippen molar-refractivity contribution >= 4 is 11.7 Å². The van der Waals surface area contributed by atoms with Crippen LogP contribution in [-0.4, -0.2) is 17.7 Å². The molecule has 4 nitrogen and oxygen atoms in total. The Labute approximate surface area is 88.7 Å². The number of aliphatic hydroxyl groups excluding tert-OH is 1. The summed E-state index contributed by atoms with van der Waals surface area (Å²) < 4.78 is 4.82. The van der Waals surface area contributed by atoms with Gasteiger partial charge in [0.15, 0.2) is 6.10 Å². The Bertz CT molecular complexity index is 321. The normalized spacial score (nSPS) is 12.1. The van der Waals surface area contributed by atoms with E-state index < -0.39 is 12.1 Å². The first-order chi connectivity index (χ1) is 7.15. The molecule has 4 heteroatoms. The summed E-state index contributed by atoms with van der Waals surface area (Å²) in [4.78, 5) is 11.3. The fourth-order valence-electron chi connectivity index (χ4n) is 1.10. The average molecular weight is 209 g/mol. The molecule has 0 saturated heterocycles. The van der Waals surface area contributed by atoms with Crippen molar-refractivity contribution in [3.8, 4) is 0 Å². The number of rotatable bonds is 4. The van der Waals surface area contributed by atoms with Crippen molar-refractivity contribution in [3.63, 3.8) is 0 Å². The van der Waals surface area contributed by atoms with E-state index in [-0.39, 0.29) is 0 Å². The zero-order valence-corrected chi connectivity index (χ0v) is 8.64. The lowest BCUT2D eigenvalue weighted by molar-refractivity contribution is -0.153. The minimum Gasteiger partial charge on any atom is -0.464 e. The molecule has 1 unspecified atom stereocenters. The predicted molar refractivity (Wildman–Crippen MR) is 57.1 cm³/mol. The summed E-state index contributed by atoms with van der Waals surface area (Å²) in [7, 11) is 0. The number of esters is 1. The van der Waals surface area contributed by atoms with E-state index in [1.807, 2.05) is 6.92 Å². The van der Waals surface area contributed by atoms with Crippen molar-refractivity contribution in [1.29, 1.82) is 0 Å². The van der Waals surface area contributed by atoms with Crippen LogP contribution in [0.4, 0.5) is 5.69 Å². The van der Waals surface area contributed by atoms with Crippen molar-refractivity contribution in [2.45, 2.75) is 19.4 Å². The summed E-state index contributed by atoms with van der Waals surface area (Å²) >= 11 is 0. The molecule has 1 aromatic rings. The summed E-state index contributed by atoms with van der Waals surface area (Å²) in [5.74, 6) is -0.623. The zero-order chi connectivity index (χ0) is 11.3. The summed E-state index contributed by atoms with van der Waals surface area (Å²) in [5.41, 5.74) is 6.57. The van der Waals surface area contributed by atoms with Crippen LogP contribution in [0.2, 0.25) is 0 Å². The molecule has 3 N–H and O–H groups in total. The third kappa shape index (κ3) is 3.25. The largest absolute Gasteiger partial charge is 0.464 e. The molecule has 0 bridgehead atoms. The van der Waals surface area contributed by atoms with Gasteiger partial charge >= 0.3 is 5.97 Å². The topological polar surface area (TPSA) is 72.5 Å². The smallest absolute Gasteiger partial charge is 0.339 e. The van der Waals surface area contributed by atoms with Gasteiger partial charge < -0.3 is 15.6 Å². The third-order valence-electron chi connectivity index (χ3n) is 1.92. The number of benzene rings is 1. The van der Waals surface area contributed by atoms with Crippen LogP contribution in [0.5, 0.6) is 0 Å². The van der Waals surface area contributed by atoms with Crippen molar-refractivity contribution < 1.29 is 14.6 Å². The highest BCUT2D eigenvalue weighted by atomic mass is 16.5. The lowest BCUT2D eigenvalue weighted by Crippen LogP contribution is -2.15. The maximum Gasteiger partial charge on any atom is 0.339 e. The molecule has 1 atom stereocenters. The monoisotopic (exact) mass is 209 g/mol. The second-order valence-electron chi connectivity index (χ2n) is 3.24. The number of hydrogen-bond acceptors (Lipinski definition) is 4. The van der Waals surface area contributed by atoms with E-state index in [0.29, 0.717) is 17.9 Å². The number of anilines is 1. The highest BCUT2D eigenvalue weighted by molar-refractivity contribution is 5.76. The molecule has 0 aliphatic rings. The average Bonchev–Trinajstić information content (AvgIpc) is 2.26. The minimum absolute atomic E-state index is 0.324. The van der Waals surface area contributed by atoms with Crippen LogP contribution in [-0.2, 0) is 9.53 Å². The molecule has 0 aliphatic heterocycles. The zero-order valence-electron chi connectivity index (χ0n) is 8.64. The number of aliphatic hydroxyl groups is 1. The number of hydrogen-bond donors (Lipinski definition) is 2. The van der Waals surface area contributed by atoms with E-state index in [1.165, 1.54) is 0 Å². The lowest BCUT2D eigenvalue weighted by atomic mass is 10.1. The Morgan fingerprint density at radius 2 is 2.07 bits per heavy atom. The quantitative estimate of drug-likeness (QED) is 0.578. The Morgan fingerprint density at radius 3 is 2.60 bits per heavy atom. The molecule has 0 fully saturated rings. The second-order valence-corrected chi connectivity index (χ2v) is 3.24. The number of nitrogens with two attached hydrogens (primary N) is 1. The molecule has 0 amide bonds. The fourth-order valence-corrected chi connectivity index (χ4v) is 1.10. The highest BCUT2D eigenvalue weighted by Crippen LogP contribution is 2.16. The summed E-state index contributed by atoms with van der Waals surface area (Å²) in [6, 6.07) is 6.47. The van der Waals surface area contributed by atoms with Crippen LogP contribution >= 0.6 is 0 Å². The standard InChI is InChI=1S/C11H15NO3/c1-2-7-15-11(14)10(13)8-3-5-9(12)6-4-8/h3-6,10,13H,2,7,12H2,1H3. The Morgan fingerprint density at radius 1 is 1.47 bits per heavy atom. The van der Waals surface area contributed by atoms with Crippen molar-refractivity contribution in [3.05, 3.63) is 29.8 Å². The Kier molecular flexibility index (Phi) is 4.12. The number of carbonyl (C=O) groups excluding carboxylic acids is 1. The lowest BCUT2D eigenvalue weighted by Gasteiger charge is -2.10. The van der Waals surface area contributed by atoms with Crippen molar-refractivity contribution in [2.75, 3.05) is 12.3 Å². The molecule has 0 spiro atoms. The minimum atomic E-state index is -1.22. The van der Waals surface area contributed by atoms with Gasteiger partial charge in [0.2, 0.25) is 0 Å². The van der Waals surface area contributed by atoms with E-state index in [0.717, 1.165) is 6.42 Å². The summed E-state index contributed by atoms with van der Waals surface area (Å²) in [5, 5.41) is 9.59. The van der Waals surface area contributed by atoms with E-state index in [4.69, 9.17) is 10.5 Å². The van der Waals surface area contributed by atoms with Gasteiger partial charge in [-0.2, -0.15) is 0 Å². The first kappa shape index (κ1) is 11.5. The van der Waals surface area contributed by atoms with E-state index in [9.17, 15) is 9.90 Å². The Balaban J connectivity index is 2.63. The summed E-state index contributed by atoms with van der Waals surface area (Å²) in [6.45, 7) is 2.22. The third-order valence-corrected chi connectivity index (χ3v) is 1.92. The fraction of sp³-hybridized carbons (Fsp3) is 0.364. The van der Waals surface area contributed by atoms with Gasteiger partial charge in [0, 0.05) is 5.69 Å². The molecule has 0 heterocycles. The molecular weight excluding hydrogens is 194 g/mol. The molecule has 0 saturated carbocycles. The van der Waals surface area contributed by atoms with Crippen LogP contribution in [0.15, 0.2) is 24.3 Å². The molecule has 0 aliphatic carbocycles. The van der Waals surface area contributed by atoms with Gasteiger partial charge in [-0.05, 0) is 24.1 Å². The van der Waals surface area contributed by atoms with Gasteiger partial charge in [0.25, 0.3) is 0 Å². The van der Waals surface area contributed by atoms with Crippen LogP contribution in [0.1, 0.15) is 25.0 Å². The van der Waals surface area contributed by atoms with Crippen LogP contribution in [0, 0.1) is 0 Å². The molecule has 1 rings (SSSR count). The van der Waals surface area contributed by atoms with E-state index >= 15 is 0 Å². The van der Waals surface area contributed by atoms with Crippen molar-refractivity contribution in [1.82, 2.24) is 0 Å². The van der Waals surface area contributed by atoms with Gasteiger partial charge in [0.05, 0.1) is 6.61 Å². The van der Waals surface area contributed by atoms with Crippen LogP contribution in [0.25, 0.3) is 0 Å². The number of nitrogen functional groups attached to an aromatic ring is 1. The maximum atomic E-state index is 11.3. The van der Waals surface area contributed by atoms with Gasteiger partial charge in [-0.15, -0.1) is 0 Å². The molecule has 1 aromatic carbocycles. The van der Waals surface area contributed by atoms with Gasteiger partial charge in [-0.25, -0.2) is 4.79 Å². The van der Waals surface area contributed by atoms with Crippen LogP contribution < -0.4 is 5.73 Å². The molecule has 0 aromatic heterocycles. The maximum absolute atomic E-state index is 11.3. The first-order valence-electron chi connectivity index (χ1n) is 4.85. The predicted octanol–water partition coefficient (Wildman–Crippen LogP) is 1.26. The van der Waals surface area contributed by atoms with Gasteiger partial charge in [0.1, 0.15) is 0 Å². The summed E-state index contributed by atoms with van der Waals surface area (Å²) in [6.07, 6.45) is -0.489. The van der Waals surface area contributed by atoms with Gasteiger partial charge in [-0.1, -0.05) is 19.1 Å². The first-order valence-corrected chi connectivity index (χ1v) is 4.85. The van der Waals surface area contributed by atoms with Gasteiger partial charge in [-0.3, -0.25) is 0 Å².